The predicted octanol–water partition coefficient (Wildman–Crippen LogP) is 5.42. The van der Waals surface area contributed by atoms with Crippen LogP contribution in [-0.4, -0.2) is 30.1 Å². The predicted molar refractivity (Wildman–Crippen MR) is 94.0 cm³/mol. The molecular formula is C20H18F5NO2. The van der Waals surface area contributed by atoms with Crippen LogP contribution in [0, 0.1) is 0 Å². The standard InChI is InChI=1S/C20H18F5NO2/c21-18(22)17-10-5-14(12-1-6-15(7-2-12)20(23,24)25)11-26(17)16-8-3-13(4-9-16)19(27)28/h1-4,6-9,14,17-18H,5,10-11H2,(H,27,28)/t14?,17-/m0/s1. The van der Waals surface area contributed by atoms with Crippen LogP contribution >= 0.6 is 0 Å². The fraction of sp³-hybridized carbons (Fsp3) is 0.350. The number of hydrogen-bond donors (Lipinski definition) is 1. The Morgan fingerprint density at radius 1 is 1.00 bits per heavy atom. The van der Waals surface area contributed by atoms with E-state index in [0.717, 1.165) is 12.1 Å². The van der Waals surface area contributed by atoms with E-state index in [9.17, 15) is 26.7 Å². The molecule has 1 fully saturated rings. The second-order valence-electron chi connectivity index (χ2n) is 6.80. The first-order valence-electron chi connectivity index (χ1n) is 8.72. The third-order valence-corrected chi connectivity index (χ3v) is 5.07. The number of hydrogen-bond acceptors (Lipinski definition) is 2. The van der Waals surface area contributed by atoms with Gasteiger partial charge in [-0.05, 0) is 54.8 Å². The Balaban J connectivity index is 1.84. The van der Waals surface area contributed by atoms with Gasteiger partial charge < -0.3 is 10.0 Å². The quantitative estimate of drug-likeness (QED) is 0.698. The minimum absolute atomic E-state index is 0.0497. The Morgan fingerprint density at radius 3 is 2.11 bits per heavy atom. The van der Waals surface area contributed by atoms with Crippen LogP contribution in [0.25, 0.3) is 0 Å². The zero-order chi connectivity index (χ0) is 20.5. The van der Waals surface area contributed by atoms with Gasteiger partial charge in [-0.25, -0.2) is 13.6 Å². The highest BCUT2D eigenvalue weighted by atomic mass is 19.4. The second kappa shape index (κ2) is 7.77. The lowest BCUT2D eigenvalue weighted by Gasteiger charge is -2.41. The van der Waals surface area contributed by atoms with Gasteiger partial charge in [-0.2, -0.15) is 13.2 Å². The topological polar surface area (TPSA) is 40.5 Å². The molecule has 0 radical (unpaired) electrons. The van der Waals surface area contributed by atoms with Crippen LogP contribution in [0.15, 0.2) is 48.5 Å². The Hall–Kier alpha value is -2.64. The number of halogens is 5. The van der Waals surface area contributed by atoms with Gasteiger partial charge in [0.05, 0.1) is 17.2 Å². The Kier molecular flexibility index (Phi) is 5.58. The normalized spacial score (nSPS) is 20.4. The average molecular weight is 399 g/mol. The number of anilines is 1. The Morgan fingerprint density at radius 2 is 1.61 bits per heavy atom. The first-order chi connectivity index (χ1) is 13.2. The summed E-state index contributed by atoms with van der Waals surface area (Å²) >= 11 is 0. The molecule has 8 heteroatoms. The third kappa shape index (κ3) is 4.26. The molecule has 0 aromatic heterocycles. The first-order valence-corrected chi connectivity index (χ1v) is 8.72. The van der Waals surface area contributed by atoms with Crippen molar-refractivity contribution in [3.63, 3.8) is 0 Å². The summed E-state index contributed by atoms with van der Waals surface area (Å²) in [4.78, 5) is 12.5. The van der Waals surface area contributed by atoms with Gasteiger partial charge in [0.1, 0.15) is 0 Å². The van der Waals surface area contributed by atoms with Crippen molar-refractivity contribution in [3.8, 4) is 0 Å². The van der Waals surface area contributed by atoms with Crippen LogP contribution in [0.5, 0.6) is 0 Å². The summed E-state index contributed by atoms with van der Waals surface area (Å²) in [5.41, 5.74) is 0.423. The summed E-state index contributed by atoms with van der Waals surface area (Å²) in [6.45, 7) is 0.215. The second-order valence-corrected chi connectivity index (χ2v) is 6.80. The molecule has 3 rings (SSSR count). The summed E-state index contributed by atoms with van der Waals surface area (Å²) in [6.07, 6.45) is -6.40. The fourth-order valence-electron chi connectivity index (χ4n) is 3.56. The fourth-order valence-corrected chi connectivity index (χ4v) is 3.56. The number of carboxylic acids is 1. The van der Waals surface area contributed by atoms with Gasteiger partial charge in [-0.3, -0.25) is 0 Å². The zero-order valence-corrected chi connectivity index (χ0v) is 14.7. The third-order valence-electron chi connectivity index (χ3n) is 5.07. The van der Waals surface area contributed by atoms with Crippen LogP contribution < -0.4 is 4.90 Å². The molecule has 2 aromatic carbocycles. The van der Waals surface area contributed by atoms with E-state index in [4.69, 9.17) is 5.11 Å². The molecule has 1 N–H and O–H groups in total. The lowest BCUT2D eigenvalue weighted by atomic mass is 9.86. The highest BCUT2D eigenvalue weighted by Gasteiger charge is 2.35. The molecule has 1 heterocycles. The monoisotopic (exact) mass is 399 g/mol. The molecular weight excluding hydrogens is 381 g/mol. The van der Waals surface area contributed by atoms with Crippen LogP contribution in [0.1, 0.15) is 40.2 Å². The van der Waals surface area contributed by atoms with Crippen LogP contribution in [0.2, 0.25) is 0 Å². The number of nitrogens with zero attached hydrogens (tertiary/aromatic N) is 1. The summed E-state index contributed by atoms with van der Waals surface area (Å²) in [6, 6.07) is 9.41. The minimum atomic E-state index is -4.43. The SMILES string of the molecule is O=C(O)c1ccc(N2CC(c3ccc(C(F)(F)F)cc3)CC[C@H]2C(F)F)cc1. The largest absolute Gasteiger partial charge is 0.478 e. The van der Waals surface area contributed by atoms with Gasteiger partial charge in [0.15, 0.2) is 0 Å². The van der Waals surface area contributed by atoms with Crippen LogP contribution in [0.4, 0.5) is 27.6 Å². The van der Waals surface area contributed by atoms with Crippen LogP contribution in [-0.2, 0) is 6.18 Å². The number of alkyl halides is 5. The number of benzene rings is 2. The average Bonchev–Trinajstić information content (AvgIpc) is 2.67. The summed E-state index contributed by atoms with van der Waals surface area (Å²) in [5, 5.41) is 8.98. The lowest BCUT2D eigenvalue weighted by Crippen LogP contribution is -2.46. The summed E-state index contributed by atoms with van der Waals surface area (Å²) in [7, 11) is 0. The smallest absolute Gasteiger partial charge is 0.416 e. The number of carboxylic acid groups (broad SMARTS) is 1. The molecule has 2 aromatic rings. The number of rotatable bonds is 4. The van der Waals surface area contributed by atoms with Crippen molar-refractivity contribution in [1.29, 1.82) is 0 Å². The molecule has 2 atom stereocenters. The van der Waals surface area contributed by atoms with Crippen molar-refractivity contribution < 1.29 is 31.9 Å². The molecule has 150 valence electrons. The lowest BCUT2D eigenvalue weighted by molar-refractivity contribution is -0.137. The molecule has 1 aliphatic heterocycles. The van der Waals surface area contributed by atoms with Gasteiger partial charge in [0, 0.05) is 18.2 Å². The number of carbonyl (C=O) groups is 1. The number of piperidine rings is 1. The highest BCUT2D eigenvalue weighted by molar-refractivity contribution is 5.88. The summed E-state index contributed by atoms with van der Waals surface area (Å²) in [5.74, 6) is -1.31. The van der Waals surface area contributed by atoms with Crippen molar-refractivity contribution in [2.45, 2.75) is 37.4 Å². The maximum Gasteiger partial charge on any atom is 0.416 e. The molecule has 1 saturated heterocycles. The molecule has 0 saturated carbocycles. The van der Waals surface area contributed by atoms with Gasteiger partial charge in [-0.1, -0.05) is 12.1 Å². The van der Waals surface area contributed by atoms with E-state index in [1.165, 1.54) is 41.3 Å². The van der Waals surface area contributed by atoms with Crippen molar-refractivity contribution >= 4 is 11.7 Å². The van der Waals surface area contributed by atoms with E-state index in [0.29, 0.717) is 17.7 Å². The van der Waals surface area contributed by atoms with Gasteiger partial charge in [0.25, 0.3) is 6.43 Å². The Bertz CT molecular complexity index is 818. The van der Waals surface area contributed by atoms with E-state index in [-0.39, 0.29) is 24.4 Å². The molecule has 0 spiro atoms. The van der Waals surface area contributed by atoms with Crippen molar-refractivity contribution in [2.24, 2.45) is 0 Å². The van der Waals surface area contributed by atoms with Gasteiger partial charge in [-0.15, -0.1) is 0 Å². The Labute approximate surface area is 158 Å². The van der Waals surface area contributed by atoms with E-state index >= 15 is 0 Å². The molecule has 28 heavy (non-hydrogen) atoms. The van der Waals surface area contributed by atoms with Gasteiger partial charge in [0.2, 0.25) is 0 Å². The molecule has 3 nitrogen and oxygen atoms in total. The number of aromatic carboxylic acids is 1. The van der Waals surface area contributed by atoms with Crippen LogP contribution in [0.3, 0.4) is 0 Å². The molecule has 1 unspecified atom stereocenters. The zero-order valence-electron chi connectivity index (χ0n) is 14.7. The van der Waals surface area contributed by atoms with Gasteiger partial charge >= 0.3 is 12.1 Å². The highest BCUT2D eigenvalue weighted by Crippen LogP contribution is 2.37. The van der Waals surface area contributed by atoms with E-state index < -0.39 is 30.2 Å². The van der Waals surface area contributed by atoms with E-state index in [1.807, 2.05) is 0 Å². The molecule has 0 bridgehead atoms. The van der Waals surface area contributed by atoms with Crippen molar-refractivity contribution in [1.82, 2.24) is 0 Å². The molecule has 0 amide bonds. The van der Waals surface area contributed by atoms with Crippen molar-refractivity contribution in [2.75, 3.05) is 11.4 Å². The minimum Gasteiger partial charge on any atom is -0.478 e. The molecule has 0 aliphatic carbocycles. The van der Waals surface area contributed by atoms with E-state index in [1.54, 1.807) is 0 Å². The maximum absolute atomic E-state index is 13.5. The van der Waals surface area contributed by atoms with Crippen molar-refractivity contribution in [3.05, 3.63) is 65.2 Å². The van der Waals surface area contributed by atoms with E-state index in [2.05, 4.69) is 0 Å². The molecule has 1 aliphatic rings. The summed E-state index contributed by atoms with van der Waals surface area (Å²) < 4.78 is 65.3. The first kappa shape index (κ1) is 20.1. The maximum atomic E-state index is 13.5.